The highest BCUT2D eigenvalue weighted by Crippen LogP contribution is 2.34. The predicted octanol–water partition coefficient (Wildman–Crippen LogP) is 5.19. The Morgan fingerprint density at radius 2 is 1.97 bits per heavy atom. The highest BCUT2D eigenvalue weighted by atomic mass is 35.5. The summed E-state index contributed by atoms with van der Waals surface area (Å²) >= 11 is 7.65. The van der Waals surface area contributed by atoms with E-state index in [1.54, 1.807) is 31.5 Å². The van der Waals surface area contributed by atoms with Crippen molar-refractivity contribution in [1.29, 1.82) is 0 Å². The van der Waals surface area contributed by atoms with E-state index in [9.17, 15) is 13.2 Å². The number of furan rings is 1. The zero-order valence-electron chi connectivity index (χ0n) is 19.5. The Labute approximate surface area is 218 Å². The number of hydrogen-bond acceptors (Lipinski definition) is 7. The van der Waals surface area contributed by atoms with E-state index >= 15 is 0 Å². The number of carbonyl (C=O) groups is 1. The maximum Gasteiger partial charge on any atom is 0.260 e. The summed E-state index contributed by atoms with van der Waals surface area (Å²) in [5.74, 6) is 0.252. The summed E-state index contributed by atoms with van der Waals surface area (Å²) in [4.78, 5) is 19.8. The molecular formula is C25H24ClN3O5S2. The number of ether oxygens (including phenoxy) is 1. The van der Waals surface area contributed by atoms with Crippen LogP contribution in [0, 0.1) is 0 Å². The van der Waals surface area contributed by atoms with Gasteiger partial charge in [0.2, 0.25) is 10.0 Å². The molecule has 1 saturated heterocycles. The van der Waals surface area contributed by atoms with Crippen molar-refractivity contribution in [3.8, 4) is 0 Å². The summed E-state index contributed by atoms with van der Waals surface area (Å²) in [5, 5.41) is 0.967. The first kappa shape index (κ1) is 24.9. The molecule has 36 heavy (non-hydrogen) atoms. The fourth-order valence-corrected chi connectivity index (χ4v) is 6.55. The average molecular weight is 546 g/mol. The number of hydrogen-bond donors (Lipinski definition) is 0. The molecule has 0 saturated carbocycles. The van der Waals surface area contributed by atoms with Crippen LogP contribution in [0.15, 0.2) is 70.2 Å². The first-order valence-electron chi connectivity index (χ1n) is 11.4. The minimum atomic E-state index is -3.72. The van der Waals surface area contributed by atoms with Gasteiger partial charge in [0.25, 0.3) is 5.91 Å². The molecule has 1 unspecified atom stereocenters. The third kappa shape index (κ3) is 5.05. The fraction of sp³-hybridized carbons (Fsp3) is 0.280. The molecule has 2 aromatic carbocycles. The van der Waals surface area contributed by atoms with Crippen molar-refractivity contribution in [3.05, 3.63) is 77.2 Å². The summed E-state index contributed by atoms with van der Waals surface area (Å²) in [6.07, 6.45) is 3.23. The monoisotopic (exact) mass is 545 g/mol. The van der Waals surface area contributed by atoms with E-state index in [4.69, 9.17) is 20.8 Å². The van der Waals surface area contributed by atoms with Crippen molar-refractivity contribution in [2.24, 2.45) is 0 Å². The van der Waals surface area contributed by atoms with E-state index in [2.05, 4.69) is 4.98 Å². The van der Waals surface area contributed by atoms with Crippen molar-refractivity contribution >= 4 is 54.2 Å². The minimum Gasteiger partial charge on any atom is -0.467 e. The minimum absolute atomic E-state index is 0.0944. The van der Waals surface area contributed by atoms with Gasteiger partial charge in [-0.1, -0.05) is 29.0 Å². The Morgan fingerprint density at radius 3 is 2.64 bits per heavy atom. The normalized spacial score (nSPS) is 16.1. The van der Waals surface area contributed by atoms with Crippen LogP contribution in [0.5, 0.6) is 0 Å². The summed E-state index contributed by atoms with van der Waals surface area (Å²) in [6.45, 7) is 1.11. The van der Waals surface area contributed by atoms with E-state index < -0.39 is 10.0 Å². The number of nitrogens with zero attached hydrogens (tertiary/aromatic N) is 3. The molecule has 5 rings (SSSR count). The van der Waals surface area contributed by atoms with Gasteiger partial charge in [-0.2, -0.15) is 4.31 Å². The number of sulfonamides is 1. The molecule has 1 aliphatic heterocycles. The molecule has 1 amide bonds. The second kappa shape index (κ2) is 10.3. The third-order valence-electron chi connectivity index (χ3n) is 6.02. The number of likely N-dealkylation sites (N-methyl/N-ethyl adjacent to an activating group) is 1. The third-order valence-corrected chi connectivity index (χ3v) is 9.21. The van der Waals surface area contributed by atoms with Crippen LogP contribution in [-0.2, 0) is 21.3 Å². The molecule has 0 spiro atoms. The average Bonchev–Trinajstić information content (AvgIpc) is 3.64. The van der Waals surface area contributed by atoms with Gasteiger partial charge in [0.05, 0.1) is 33.5 Å². The molecule has 0 radical (unpaired) electrons. The molecule has 4 aromatic rings. The summed E-state index contributed by atoms with van der Waals surface area (Å²) in [7, 11) is -2.17. The van der Waals surface area contributed by atoms with Crippen molar-refractivity contribution in [2.45, 2.75) is 30.4 Å². The molecule has 1 aliphatic rings. The first-order chi connectivity index (χ1) is 17.3. The molecule has 2 aromatic heterocycles. The van der Waals surface area contributed by atoms with Gasteiger partial charge in [-0.05, 0) is 61.4 Å². The standard InChI is InChI=1S/C25H24ClN3O5S2/c1-28(15-18-5-3-13-33-18)36(31,32)20-11-9-17(10-12-20)24(30)29(16-19-6-4-14-34-19)25-27-23-21(26)7-2-8-22(23)35-25/h2,4,6-12,14,18H,3,5,13,15-16H2,1H3. The van der Waals surface area contributed by atoms with Gasteiger partial charge < -0.3 is 9.15 Å². The van der Waals surface area contributed by atoms with Crippen LogP contribution in [0.4, 0.5) is 5.13 Å². The number of benzene rings is 2. The molecule has 3 heterocycles. The number of fused-ring (bicyclic) bond motifs is 1. The lowest BCUT2D eigenvalue weighted by Crippen LogP contribution is -2.34. The highest BCUT2D eigenvalue weighted by Gasteiger charge is 2.27. The van der Waals surface area contributed by atoms with E-state index in [1.807, 2.05) is 12.1 Å². The lowest BCUT2D eigenvalue weighted by Gasteiger charge is -2.21. The van der Waals surface area contributed by atoms with Crippen LogP contribution in [0.3, 0.4) is 0 Å². The topological polar surface area (TPSA) is 93.0 Å². The van der Waals surface area contributed by atoms with Crippen LogP contribution in [-0.4, -0.2) is 49.9 Å². The van der Waals surface area contributed by atoms with E-state index in [1.165, 1.54) is 44.8 Å². The van der Waals surface area contributed by atoms with Gasteiger partial charge in [-0.25, -0.2) is 13.4 Å². The first-order valence-corrected chi connectivity index (χ1v) is 14.0. The SMILES string of the molecule is CN(CC1CCCO1)S(=O)(=O)c1ccc(C(=O)N(Cc2ccco2)c2nc3c(Cl)cccc3s2)cc1. The van der Waals surface area contributed by atoms with Crippen LogP contribution in [0.2, 0.25) is 5.02 Å². The number of amides is 1. The van der Waals surface area contributed by atoms with Crippen LogP contribution in [0.25, 0.3) is 10.2 Å². The molecule has 1 atom stereocenters. The van der Waals surface area contributed by atoms with Gasteiger partial charge in [0.15, 0.2) is 5.13 Å². The number of carbonyl (C=O) groups excluding carboxylic acids is 1. The smallest absolute Gasteiger partial charge is 0.260 e. The summed E-state index contributed by atoms with van der Waals surface area (Å²) in [5.41, 5.74) is 0.944. The Kier molecular flexibility index (Phi) is 7.14. The van der Waals surface area contributed by atoms with Gasteiger partial charge >= 0.3 is 0 Å². The molecular weight excluding hydrogens is 522 g/mol. The number of anilines is 1. The van der Waals surface area contributed by atoms with E-state index in [-0.39, 0.29) is 23.5 Å². The lowest BCUT2D eigenvalue weighted by molar-refractivity contribution is 0.0978. The number of rotatable bonds is 8. The van der Waals surface area contributed by atoms with Gasteiger partial charge in [-0.15, -0.1) is 0 Å². The molecule has 0 N–H and O–H groups in total. The Bertz CT molecular complexity index is 1460. The van der Waals surface area contributed by atoms with Crippen molar-refractivity contribution in [1.82, 2.24) is 9.29 Å². The number of para-hydroxylation sites is 1. The summed E-state index contributed by atoms with van der Waals surface area (Å²) in [6, 6.07) is 14.9. The van der Waals surface area contributed by atoms with Crippen molar-refractivity contribution in [3.63, 3.8) is 0 Å². The van der Waals surface area contributed by atoms with Gasteiger partial charge in [0.1, 0.15) is 11.3 Å². The number of aromatic nitrogens is 1. The van der Waals surface area contributed by atoms with Crippen LogP contribution < -0.4 is 4.90 Å². The van der Waals surface area contributed by atoms with Gasteiger partial charge in [-0.3, -0.25) is 9.69 Å². The Balaban J connectivity index is 1.42. The van der Waals surface area contributed by atoms with Crippen molar-refractivity contribution < 1.29 is 22.4 Å². The maximum absolute atomic E-state index is 13.6. The molecule has 11 heteroatoms. The lowest BCUT2D eigenvalue weighted by atomic mass is 10.2. The quantitative estimate of drug-likeness (QED) is 0.302. The highest BCUT2D eigenvalue weighted by molar-refractivity contribution is 7.89. The zero-order chi connectivity index (χ0) is 25.3. The van der Waals surface area contributed by atoms with Crippen LogP contribution >= 0.6 is 22.9 Å². The fourth-order valence-electron chi connectivity index (χ4n) is 4.08. The molecule has 0 aliphatic carbocycles. The largest absolute Gasteiger partial charge is 0.467 e. The summed E-state index contributed by atoms with van der Waals surface area (Å²) < 4.78 is 39.3. The zero-order valence-corrected chi connectivity index (χ0v) is 21.9. The molecule has 188 valence electrons. The van der Waals surface area contributed by atoms with Gasteiger partial charge in [0, 0.05) is 25.8 Å². The maximum atomic E-state index is 13.6. The van der Waals surface area contributed by atoms with Crippen molar-refractivity contribution in [2.75, 3.05) is 25.1 Å². The Morgan fingerprint density at radius 1 is 1.17 bits per heavy atom. The van der Waals surface area contributed by atoms with E-state index in [0.29, 0.717) is 40.1 Å². The van der Waals surface area contributed by atoms with E-state index in [0.717, 1.165) is 17.5 Å². The second-order valence-electron chi connectivity index (χ2n) is 8.50. The molecule has 1 fully saturated rings. The van der Waals surface area contributed by atoms with Crippen LogP contribution in [0.1, 0.15) is 29.0 Å². The predicted molar refractivity (Wildman–Crippen MR) is 139 cm³/mol. The molecule has 8 nitrogen and oxygen atoms in total. The Hall–Kier alpha value is -2.76. The second-order valence-corrected chi connectivity index (χ2v) is 12.0. The molecule has 0 bridgehead atoms. The number of halogens is 1. The number of thiazole rings is 1.